The SMILES string of the molecule is [CH2-]CN(C[CH2-])C(=O)C(C)(C)[N-]C.[Re].[Y]. The van der Waals surface area contributed by atoms with Gasteiger partial charge in [-0.1, -0.05) is 13.8 Å². The molecular weight excluding hydrogens is 427 g/mol. The monoisotopic (exact) mass is 445 g/mol. The van der Waals surface area contributed by atoms with Crippen LogP contribution in [-0.2, 0) is 57.9 Å². The maximum absolute atomic E-state index is 11.6. The molecule has 0 atom stereocenters. The number of carbonyl (C=O) groups is 1. The van der Waals surface area contributed by atoms with Gasteiger partial charge >= 0.3 is 0 Å². The van der Waals surface area contributed by atoms with Crippen molar-refractivity contribution >= 4 is 5.91 Å². The Hall–Kier alpha value is 1.20. The van der Waals surface area contributed by atoms with Gasteiger partial charge in [-0.05, 0) is 5.54 Å². The van der Waals surface area contributed by atoms with Crippen molar-refractivity contribution in [3.05, 3.63) is 19.2 Å². The van der Waals surface area contributed by atoms with Crippen molar-refractivity contribution in [2.75, 3.05) is 20.1 Å². The first kappa shape index (κ1) is 20.6. The molecule has 14 heavy (non-hydrogen) atoms. The average molecular weight is 444 g/mol. The summed E-state index contributed by atoms with van der Waals surface area (Å²) in [5.41, 5.74) is -0.643. The Morgan fingerprint density at radius 2 is 1.71 bits per heavy atom. The Morgan fingerprint density at radius 1 is 1.36 bits per heavy atom. The zero-order valence-corrected chi connectivity index (χ0v) is 14.6. The molecule has 0 aromatic carbocycles. The smallest absolute Gasteiger partial charge is 0.202 e. The molecule has 0 saturated heterocycles. The van der Waals surface area contributed by atoms with Crippen LogP contribution in [0.25, 0.3) is 5.32 Å². The van der Waals surface area contributed by atoms with Crippen LogP contribution in [0.3, 0.4) is 0 Å². The van der Waals surface area contributed by atoms with Gasteiger partial charge < -0.3 is 24.1 Å². The maximum atomic E-state index is 11.6. The second kappa shape index (κ2) is 9.42. The number of carbonyl (C=O) groups excluding carboxylic acids is 1. The predicted molar refractivity (Wildman–Crippen MR) is 50.7 cm³/mol. The Kier molecular flexibility index (Phi) is 13.9. The van der Waals surface area contributed by atoms with Crippen LogP contribution < -0.4 is 0 Å². The summed E-state index contributed by atoms with van der Waals surface area (Å²) in [5, 5.41) is 3.99. The van der Waals surface area contributed by atoms with Gasteiger partial charge in [-0.15, -0.1) is 13.1 Å². The van der Waals surface area contributed by atoms with E-state index >= 15 is 0 Å². The summed E-state index contributed by atoms with van der Waals surface area (Å²) in [6, 6.07) is 0. The zero-order valence-electron chi connectivity index (χ0n) is 9.09. The Morgan fingerprint density at radius 3 is 1.93 bits per heavy atom. The Balaban J connectivity index is -0.000000605. The molecule has 0 heterocycles. The maximum Gasteiger partial charge on any atom is 0.202 e. The number of likely N-dealkylation sites (N-methyl/N-ethyl adjacent to an activating group) is 1. The zero-order chi connectivity index (χ0) is 9.78. The van der Waals surface area contributed by atoms with Crippen LogP contribution >= 0.6 is 0 Å². The van der Waals surface area contributed by atoms with Gasteiger partial charge in [0, 0.05) is 53.1 Å². The van der Waals surface area contributed by atoms with Crippen LogP contribution in [0.1, 0.15) is 13.8 Å². The van der Waals surface area contributed by atoms with Crippen molar-refractivity contribution < 1.29 is 57.9 Å². The molecule has 0 bridgehead atoms. The minimum Gasteiger partial charge on any atom is -0.652 e. The van der Waals surface area contributed by atoms with E-state index in [2.05, 4.69) is 19.2 Å². The molecule has 0 aliphatic heterocycles. The molecule has 0 fully saturated rings. The molecule has 0 aliphatic carbocycles. The fourth-order valence-electron chi connectivity index (χ4n) is 0.797. The Bertz CT molecular complexity index is 161. The van der Waals surface area contributed by atoms with Gasteiger partial charge in [0.1, 0.15) is 0 Å². The standard InChI is InChI=1S/C9H17N2O.Re.Y/c1-6-11(7-2)8(12)9(3,4)10-5;;/h1-2,6-7H2,3-5H3;;/q-3;;. The summed E-state index contributed by atoms with van der Waals surface area (Å²) in [5.74, 6) is -0.0185. The fraction of sp³-hybridized carbons (Fsp3) is 0.667. The van der Waals surface area contributed by atoms with Crippen LogP contribution in [0, 0.1) is 13.8 Å². The molecular formula is C9H17N2OReY-3. The third-order valence-corrected chi connectivity index (χ3v) is 1.91. The molecule has 5 heteroatoms. The molecule has 0 N–H and O–H groups in total. The second-order valence-electron chi connectivity index (χ2n) is 3.07. The second-order valence-corrected chi connectivity index (χ2v) is 3.07. The molecule has 0 aliphatic rings. The average Bonchev–Trinajstić information content (AvgIpc) is 2.06. The van der Waals surface area contributed by atoms with Gasteiger partial charge in [-0.3, -0.25) is 4.79 Å². The number of rotatable bonds is 4. The summed E-state index contributed by atoms with van der Waals surface area (Å²) >= 11 is 0. The van der Waals surface area contributed by atoms with Crippen molar-refractivity contribution in [3.8, 4) is 0 Å². The summed E-state index contributed by atoms with van der Waals surface area (Å²) < 4.78 is 0. The van der Waals surface area contributed by atoms with Crippen LogP contribution in [0.4, 0.5) is 0 Å². The van der Waals surface area contributed by atoms with Crippen molar-refractivity contribution in [1.82, 2.24) is 4.90 Å². The van der Waals surface area contributed by atoms with Gasteiger partial charge in [0.15, 0.2) is 0 Å². The molecule has 82 valence electrons. The molecule has 3 nitrogen and oxygen atoms in total. The summed E-state index contributed by atoms with van der Waals surface area (Å²) in [7, 11) is 1.64. The third kappa shape index (κ3) is 5.93. The van der Waals surface area contributed by atoms with E-state index in [9.17, 15) is 4.79 Å². The molecule has 0 saturated carbocycles. The molecule has 0 spiro atoms. The van der Waals surface area contributed by atoms with Gasteiger partial charge in [0.05, 0.1) is 0 Å². The minimum absolute atomic E-state index is 0. The van der Waals surface area contributed by atoms with Crippen molar-refractivity contribution in [3.63, 3.8) is 0 Å². The van der Waals surface area contributed by atoms with E-state index < -0.39 is 5.54 Å². The predicted octanol–water partition coefficient (Wildman–Crippen LogP) is 1.26. The largest absolute Gasteiger partial charge is 0.652 e. The van der Waals surface area contributed by atoms with E-state index in [0.29, 0.717) is 13.1 Å². The Labute approximate surface area is 126 Å². The van der Waals surface area contributed by atoms with Crippen LogP contribution in [0.15, 0.2) is 0 Å². The summed E-state index contributed by atoms with van der Waals surface area (Å²) in [6.45, 7) is 11.8. The third-order valence-electron chi connectivity index (χ3n) is 1.91. The minimum atomic E-state index is -0.643. The van der Waals surface area contributed by atoms with Crippen LogP contribution in [0.2, 0.25) is 0 Å². The number of hydrogen-bond donors (Lipinski definition) is 0. The first-order chi connectivity index (χ1) is 5.49. The number of nitrogens with zero attached hydrogens (tertiary/aromatic N) is 2. The van der Waals surface area contributed by atoms with Crippen LogP contribution in [0.5, 0.6) is 0 Å². The van der Waals surface area contributed by atoms with Gasteiger partial charge in [-0.2, -0.15) is 7.05 Å². The van der Waals surface area contributed by atoms with Gasteiger partial charge in [0.2, 0.25) is 5.91 Å². The van der Waals surface area contributed by atoms with E-state index in [0.717, 1.165) is 0 Å². The fourth-order valence-corrected chi connectivity index (χ4v) is 0.797. The number of amides is 1. The quantitative estimate of drug-likeness (QED) is 0.602. The summed E-state index contributed by atoms with van der Waals surface area (Å²) in [6.07, 6.45) is 0. The first-order valence-corrected chi connectivity index (χ1v) is 3.98. The van der Waals surface area contributed by atoms with E-state index in [-0.39, 0.29) is 59.0 Å². The molecule has 0 rings (SSSR count). The summed E-state index contributed by atoms with van der Waals surface area (Å²) in [4.78, 5) is 13.2. The molecule has 2 radical (unpaired) electrons. The molecule has 0 unspecified atom stereocenters. The topological polar surface area (TPSA) is 34.4 Å². The van der Waals surface area contributed by atoms with Crippen molar-refractivity contribution in [2.24, 2.45) is 0 Å². The molecule has 1 amide bonds. The van der Waals surface area contributed by atoms with E-state index in [4.69, 9.17) is 0 Å². The number of hydrogen-bond acceptors (Lipinski definition) is 1. The van der Waals surface area contributed by atoms with Gasteiger partial charge in [0.25, 0.3) is 0 Å². The van der Waals surface area contributed by atoms with E-state index in [1.807, 2.05) is 0 Å². The van der Waals surface area contributed by atoms with Crippen LogP contribution in [-0.4, -0.2) is 36.5 Å². The molecule has 0 aromatic heterocycles. The van der Waals surface area contributed by atoms with Gasteiger partial charge in [-0.25, -0.2) is 0 Å². The molecule has 0 aromatic rings. The first-order valence-electron chi connectivity index (χ1n) is 3.98. The van der Waals surface area contributed by atoms with E-state index in [1.165, 1.54) is 0 Å². The normalized spacial score (nSPS) is 9.79. The van der Waals surface area contributed by atoms with Crippen molar-refractivity contribution in [1.29, 1.82) is 0 Å². The van der Waals surface area contributed by atoms with E-state index in [1.54, 1.807) is 25.8 Å². The van der Waals surface area contributed by atoms with Crippen molar-refractivity contribution in [2.45, 2.75) is 19.4 Å².